The number of nitrogens with zero attached hydrogens (tertiary/aromatic N) is 4. The largest absolute Gasteiger partial charge is 0.492 e. The first-order valence-electron chi connectivity index (χ1n) is 11.0. The summed E-state index contributed by atoms with van der Waals surface area (Å²) < 4.78 is 14.6. The number of hydrogen-bond acceptors (Lipinski definition) is 5. The summed E-state index contributed by atoms with van der Waals surface area (Å²) in [6.45, 7) is 6.61. The zero-order valence-corrected chi connectivity index (χ0v) is 19.8. The molecule has 5 rings (SSSR count). The van der Waals surface area contributed by atoms with E-state index in [2.05, 4.69) is 10.1 Å². The molecule has 0 atom stereocenters. The predicted molar refractivity (Wildman–Crippen MR) is 132 cm³/mol. The van der Waals surface area contributed by atoms with Crippen LogP contribution in [0, 0.1) is 13.8 Å². The third kappa shape index (κ3) is 3.99. The van der Waals surface area contributed by atoms with Crippen LogP contribution in [-0.4, -0.2) is 25.8 Å². The Morgan fingerprint density at radius 3 is 2.68 bits per heavy atom. The van der Waals surface area contributed by atoms with Crippen molar-refractivity contribution in [3.8, 4) is 28.5 Å². The van der Waals surface area contributed by atoms with E-state index in [9.17, 15) is 4.79 Å². The molecule has 0 unspecified atom stereocenters. The number of fused-ring (bicyclic) bond motifs is 1. The van der Waals surface area contributed by atoms with Crippen LogP contribution < -0.4 is 10.3 Å². The summed E-state index contributed by atoms with van der Waals surface area (Å²) in [6, 6.07) is 15.2. The normalized spacial score (nSPS) is 11.3. The van der Waals surface area contributed by atoms with E-state index >= 15 is 0 Å². The Morgan fingerprint density at radius 2 is 1.91 bits per heavy atom. The lowest BCUT2D eigenvalue weighted by Gasteiger charge is -2.06. The minimum atomic E-state index is -0.168. The van der Waals surface area contributed by atoms with Crippen molar-refractivity contribution in [3.05, 3.63) is 93.3 Å². The summed E-state index contributed by atoms with van der Waals surface area (Å²) in [5, 5.41) is 5.05. The van der Waals surface area contributed by atoms with Gasteiger partial charge in [0.05, 0.1) is 23.9 Å². The van der Waals surface area contributed by atoms with Gasteiger partial charge >= 0.3 is 0 Å². The molecular weight excluding hydrogens is 452 g/mol. The van der Waals surface area contributed by atoms with Gasteiger partial charge in [-0.1, -0.05) is 29.8 Å². The number of oxazole rings is 1. The van der Waals surface area contributed by atoms with Gasteiger partial charge in [-0.15, -0.1) is 0 Å². The van der Waals surface area contributed by atoms with Crippen LogP contribution in [0.2, 0.25) is 5.02 Å². The molecule has 0 spiro atoms. The molecule has 0 aliphatic carbocycles. The highest BCUT2D eigenvalue weighted by Crippen LogP contribution is 2.30. The lowest BCUT2D eigenvalue weighted by Crippen LogP contribution is -2.22. The molecule has 2 aromatic carbocycles. The molecule has 0 saturated carbocycles. The van der Waals surface area contributed by atoms with Gasteiger partial charge in [0.25, 0.3) is 5.56 Å². The number of aryl methyl sites for hydroxylation is 2. The first-order chi connectivity index (χ1) is 16.4. The van der Waals surface area contributed by atoms with Gasteiger partial charge in [-0.25, -0.2) is 9.50 Å². The molecule has 0 radical (unpaired) electrons. The average molecular weight is 475 g/mol. The summed E-state index contributed by atoms with van der Waals surface area (Å²) in [6.07, 6.45) is 3.47. The molecule has 0 N–H and O–H groups in total. The van der Waals surface area contributed by atoms with Gasteiger partial charge in [0, 0.05) is 23.5 Å². The minimum Gasteiger partial charge on any atom is -0.492 e. The molecule has 172 valence electrons. The zero-order valence-electron chi connectivity index (χ0n) is 19.1. The standard InChI is InChI=1S/C26H23ClN4O3/c1-4-33-24-10-9-18(13-20(24)27)21-14-23-26(32)30(11-12-31(23)29-21)15-22-17(3)34-25(28-22)19-8-6-5-7-16(19)2/h5-14H,4,15H2,1-3H3. The van der Waals surface area contributed by atoms with Crippen LogP contribution in [0.5, 0.6) is 5.75 Å². The van der Waals surface area contributed by atoms with Crippen LogP contribution in [0.1, 0.15) is 23.9 Å². The van der Waals surface area contributed by atoms with E-state index in [0.29, 0.717) is 52.5 Å². The number of hydrogen-bond donors (Lipinski definition) is 0. The lowest BCUT2D eigenvalue weighted by atomic mass is 10.1. The van der Waals surface area contributed by atoms with E-state index in [1.165, 1.54) is 0 Å². The van der Waals surface area contributed by atoms with Gasteiger partial charge in [-0.05, 0) is 56.7 Å². The fourth-order valence-electron chi connectivity index (χ4n) is 3.89. The second-order valence-electron chi connectivity index (χ2n) is 8.01. The monoisotopic (exact) mass is 474 g/mol. The molecule has 0 fully saturated rings. The molecule has 0 bridgehead atoms. The van der Waals surface area contributed by atoms with Crippen molar-refractivity contribution < 1.29 is 9.15 Å². The highest BCUT2D eigenvalue weighted by molar-refractivity contribution is 6.32. The van der Waals surface area contributed by atoms with Crippen LogP contribution in [-0.2, 0) is 6.54 Å². The van der Waals surface area contributed by atoms with Crippen molar-refractivity contribution >= 4 is 17.1 Å². The average Bonchev–Trinajstić information content (AvgIpc) is 3.42. The second-order valence-corrected chi connectivity index (χ2v) is 8.41. The molecule has 0 aliphatic heterocycles. The molecule has 0 aliphatic rings. The highest BCUT2D eigenvalue weighted by atomic mass is 35.5. The SMILES string of the molecule is CCOc1ccc(-c2cc3c(=O)n(Cc4nc(-c5ccccc5C)oc4C)ccn3n2)cc1Cl. The number of rotatable bonds is 6. The molecule has 3 aromatic heterocycles. The summed E-state index contributed by atoms with van der Waals surface area (Å²) in [7, 11) is 0. The fraction of sp³-hybridized carbons (Fsp3) is 0.192. The van der Waals surface area contributed by atoms with Crippen molar-refractivity contribution in [2.45, 2.75) is 27.3 Å². The van der Waals surface area contributed by atoms with E-state index in [1.54, 1.807) is 33.6 Å². The van der Waals surface area contributed by atoms with Crippen LogP contribution in [0.25, 0.3) is 28.2 Å². The molecule has 0 amide bonds. The smallest absolute Gasteiger partial charge is 0.276 e. The Kier molecular flexibility index (Phi) is 5.71. The van der Waals surface area contributed by atoms with E-state index < -0.39 is 0 Å². The van der Waals surface area contributed by atoms with Crippen LogP contribution >= 0.6 is 11.6 Å². The predicted octanol–water partition coefficient (Wildman–Crippen LogP) is 5.54. The van der Waals surface area contributed by atoms with E-state index in [-0.39, 0.29) is 5.56 Å². The molecule has 8 heteroatoms. The van der Waals surface area contributed by atoms with Gasteiger partial charge in [0.1, 0.15) is 22.7 Å². The van der Waals surface area contributed by atoms with Gasteiger partial charge in [0.15, 0.2) is 0 Å². The number of ether oxygens (including phenoxy) is 1. The van der Waals surface area contributed by atoms with Crippen molar-refractivity contribution in [1.29, 1.82) is 0 Å². The van der Waals surface area contributed by atoms with E-state index in [4.69, 9.17) is 20.8 Å². The Hall–Kier alpha value is -3.84. The van der Waals surface area contributed by atoms with Crippen molar-refractivity contribution in [2.24, 2.45) is 0 Å². The van der Waals surface area contributed by atoms with Crippen LogP contribution in [0.3, 0.4) is 0 Å². The maximum absolute atomic E-state index is 13.2. The highest BCUT2D eigenvalue weighted by Gasteiger charge is 2.16. The van der Waals surface area contributed by atoms with E-state index in [1.807, 2.05) is 57.2 Å². The van der Waals surface area contributed by atoms with Crippen molar-refractivity contribution in [2.75, 3.05) is 6.61 Å². The molecule has 7 nitrogen and oxygen atoms in total. The van der Waals surface area contributed by atoms with Crippen molar-refractivity contribution in [3.63, 3.8) is 0 Å². The summed E-state index contributed by atoms with van der Waals surface area (Å²) in [5.74, 6) is 1.86. The van der Waals surface area contributed by atoms with Crippen LogP contribution in [0.4, 0.5) is 0 Å². The summed E-state index contributed by atoms with van der Waals surface area (Å²) in [4.78, 5) is 17.9. The fourth-order valence-corrected chi connectivity index (χ4v) is 4.12. The molecule has 3 heterocycles. The van der Waals surface area contributed by atoms with Gasteiger partial charge < -0.3 is 13.7 Å². The Bertz CT molecular complexity index is 1560. The molecular formula is C26H23ClN4O3. The quantitative estimate of drug-likeness (QED) is 0.323. The lowest BCUT2D eigenvalue weighted by molar-refractivity contribution is 0.340. The van der Waals surface area contributed by atoms with Gasteiger partial charge in [-0.2, -0.15) is 5.10 Å². The number of halogens is 1. The third-order valence-corrected chi connectivity index (χ3v) is 6.01. The van der Waals surface area contributed by atoms with E-state index in [0.717, 1.165) is 16.7 Å². The maximum atomic E-state index is 13.2. The second kappa shape index (κ2) is 8.83. The first-order valence-corrected chi connectivity index (χ1v) is 11.4. The minimum absolute atomic E-state index is 0.168. The molecule has 34 heavy (non-hydrogen) atoms. The zero-order chi connectivity index (χ0) is 23.8. The Balaban J connectivity index is 1.47. The topological polar surface area (TPSA) is 74.6 Å². The molecule has 5 aromatic rings. The molecule has 0 saturated heterocycles. The first kappa shape index (κ1) is 22.0. The maximum Gasteiger partial charge on any atom is 0.276 e. The Morgan fingerprint density at radius 1 is 1.09 bits per heavy atom. The summed E-state index contributed by atoms with van der Waals surface area (Å²) >= 11 is 6.33. The number of aromatic nitrogens is 4. The van der Waals surface area contributed by atoms with Crippen molar-refractivity contribution in [1.82, 2.24) is 19.2 Å². The van der Waals surface area contributed by atoms with Crippen LogP contribution in [0.15, 0.2) is 70.1 Å². The number of benzene rings is 2. The van der Waals surface area contributed by atoms with Gasteiger partial charge in [0.2, 0.25) is 5.89 Å². The summed E-state index contributed by atoms with van der Waals surface area (Å²) in [5.41, 5.74) is 4.48. The Labute approximate surface area is 201 Å². The third-order valence-electron chi connectivity index (χ3n) is 5.72. The van der Waals surface area contributed by atoms with Gasteiger partial charge in [-0.3, -0.25) is 4.79 Å².